The average Bonchev–Trinajstić information content (AvgIpc) is 3.10. The summed E-state index contributed by atoms with van der Waals surface area (Å²) in [5.74, 6) is -3.37. The van der Waals surface area contributed by atoms with E-state index in [0.29, 0.717) is 0 Å². The minimum absolute atomic E-state index is 0.00904. The number of pyridine rings is 1. The molecule has 2 heterocycles. The van der Waals surface area contributed by atoms with E-state index in [9.17, 15) is 27.2 Å². The number of hydrogen-bond donors (Lipinski definition) is 1. The second-order valence-corrected chi connectivity index (χ2v) is 7.70. The molecule has 168 valence electrons. The van der Waals surface area contributed by atoms with Gasteiger partial charge in [-0.2, -0.15) is 13.2 Å². The number of aromatic nitrogens is 2. The van der Waals surface area contributed by atoms with Crippen molar-refractivity contribution in [1.29, 1.82) is 0 Å². The van der Waals surface area contributed by atoms with Gasteiger partial charge in [0.05, 0.1) is 33.4 Å². The monoisotopic (exact) mass is 496 g/mol. The molecule has 0 aliphatic carbocycles. The van der Waals surface area contributed by atoms with Crippen molar-refractivity contribution < 1.29 is 32.3 Å². The van der Waals surface area contributed by atoms with E-state index in [-0.39, 0.29) is 32.7 Å². The van der Waals surface area contributed by atoms with Crippen LogP contribution in [0.2, 0.25) is 10.2 Å². The summed E-state index contributed by atoms with van der Waals surface area (Å²) in [6, 6.07) is 7.40. The summed E-state index contributed by atoms with van der Waals surface area (Å²) in [6.45, 7) is 0. The van der Waals surface area contributed by atoms with E-state index < -0.39 is 40.0 Å². The van der Waals surface area contributed by atoms with Crippen LogP contribution in [0.4, 0.5) is 17.6 Å². The zero-order valence-electron chi connectivity index (χ0n) is 16.1. The lowest BCUT2D eigenvalue weighted by Gasteiger charge is -2.14. The molecular weight excluding hydrogens is 487 g/mol. The largest absolute Gasteiger partial charge is 0.478 e. The van der Waals surface area contributed by atoms with E-state index in [2.05, 4.69) is 4.98 Å². The van der Waals surface area contributed by atoms with Crippen molar-refractivity contribution in [1.82, 2.24) is 9.55 Å². The Bertz CT molecular complexity index is 1450. The Labute approximate surface area is 192 Å². The number of carboxylic acids is 1. The van der Waals surface area contributed by atoms with E-state index in [4.69, 9.17) is 28.3 Å². The first-order chi connectivity index (χ1) is 15.5. The lowest BCUT2D eigenvalue weighted by Crippen LogP contribution is -2.18. The van der Waals surface area contributed by atoms with Gasteiger partial charge in [-0.3, -0.25) is 9.36 Å². The van der Waals surface area contributed by atoms with Crippen molar-refractivity contribution in [3.63, 3.8) is 0 Å². The van der Waals surface area contributed by atoms with Crippen molar-refractivity contribution >= 4 is 46.0 Å². The fourth-order valence-electron chi connectivity index (χ4n) is 3.45. The van der Waals surface area contributed by atoms with Crippen LogP contribution in [0.25, 0.3) is 22.0 Å². The number of carboxylic acid groups (broad SMARTS) is 1. The highest BCUT2D eigenvalue weighted by atomic mass is 35.5. The molecule has 0 bridgehead atoms. The molecule has 0 spiro atoms. The summed E-state index contributed by atoms with van der Waals surface area (Å²) in [5, 5.41) is 8.84. The maximum atomic E-state index is 14.8. The topological polar surface area (TPSA) is 72.2 Å². The second-order valence-electron chi connectivity index (χ2n) is 6.90. The van der Waals surface area contributed by atoms with Gasteiger partial charge >= 0.3 is 12.1 Å². The highest BCUT2D eigenvalue weighted by Crippen LogP contribution is 2.38. The van der Waals surface area contributed by atoms with Crippen LogP contribution in [0.5, 0.6) is 0 Å². The maximum absolute atomic E-state index is 14.8. The number of benzene rings is 2. The third-order valence-corrected chi connectivity index (χ3v) is 5.44. The van der Waals surface area contributed by atoms with Crippen LogP contribution in [0.3, 0.4) is 0 Å². The Morgan fingerprint density at radius 3 is 2.39 bits per heavy atom. The first-order valence-electron chi connectivity index (χ1n) is 9.09. The molecule has 0 atom stereocenters. The van der Waals surface area contributed by atoms with Crippen LogP contribution >= 0.6 is 23.2 Å². The SMILES string of the molecule is O=C(O)c1ccc(-c2cn(C(=O)c3c(Cl)cccc3C(F)(F)F)c3cnc(Cl)cc23)c(F)c1. The van der Waals surface area contributed by atoms with Gasteiger partial charge in [0.2, 0.25) is 0 Å². The Kier molecular flexibility index (Phi) is 5.63. The molecule has 0 fully saturated rings. The second kappa shape index (κ2) is 8.17. The van der Waals surface area contributed by atoms with Gasteiger partial charge in [0.15, 0.2) is 0 Å². The standard InChI is InChI=1S/C22H10Cl2F4N2O3/c23-15-3-1-2-14(22(26,27)28)19(15)20(31)30-9-13(12-7-18(24)29-8-17(12)30)11-5-4-10(21(32)33)6-16(11)25/h1-9H,(H,32,33). The average molecular weight is 497 g/mol. The molecule has 4 aromatic rings. The number of aromatic carboxylic acids is 1. The molecule has 2 aromatic carbocycles. The molecule has 0 saturated carbocycles. The van der Waals surface area contributed by atoms with Gasteiger partial charge in [0.1, 0.15) is 11.0 Å². The van der Waals surface area contributed by atoms with Crippen molar-refractivity contribution in [2.24, 2.45) is 0 Å². The Balaban J connectivity index is 1.98. The van der Waals surface area contributed by atoms with Crippen molar-refractivity contribution in [3.8, 4) is 11.1 Å². The summed E-state index contributed by atoms with van der Waals surface area (Å²) in [7, 11) is 0. The number of nitrogens with zero attached hydrogens (tertiary/aromatic N) is 2. The molecule has 0 unspecified atom stereocenters. The first-order valence-corrected chi connectivity index (χ1v) is 9.85. The quantitative estimate of drug-likeness (QED) is 0.257. The minimum Gasteiger partial charge on any atom is -0.478 e. The molecule has 4 rings (SSSR count). The molecule has 11 heteroatoms. The predicted molar refractivity (Wildman–Crippen MR) is 113 cm³/mol. The number of rotatable bonds is 3. The number of carbonyl (C=O) groups is 2. The van der Waals surface area contributed by atoms with Crippen molar-refractivity contribution in [3.05, 3.63) is 87.5 Å². The summed E-state index contributed by atoms with van der Waals surface area (Å²) < 4.78 is 56.3. The number of hydrogen-bond acceptors (Lipinski definition) is 3. The smallest absolute Gasteiger partial charge is 0.417 e. The number of alkyl halides is 3. The third-order valence-electron chi connectivity index (χ3n) is 4.92. The van der Waals surface area contributed by atoms with E-state index >= 15 is 0 Å². The van der Waals surface area contributed by atoms with Crippen molar-refractivity contribution in [2.45, 2.75) is 6.18 Å². The molecule has 5 nitrogen and oxygen atoms in total. The highest BCUT2D eigenvalue weighted by molar-refractivity contribution is 6.34. The molecule has 0 aliphatic rings. The van der Waals surface area contributed by atoms with Crippen LogP contribution in [-0.2, 0) is 6.18 Å². The number of carbonyl (C=O) groups excluding carboxylic acids is 1. The number of halogens is 6. The Hall–Kier alpha value is -3.43. The summed E-state index contributed by atoms with van der Waals surface area (Å²) >= 11 is 11.9. The van der Waals surface area contributed by atoms with Gasteiger partial charge in [-0.15, -0.1) is 0 Å². The van der Waals surface area contributed by atoms with Crippen LogP contribution in [0, 0.1) is 5.82 Å². The Morgan fingerprint density at radius 2 is 1.76 bits per heavy atom. The molecule has 1 N–H and O–H groups in total. The molecule has 0 aliphatic heterocycles. The normalized spacial score (nSPS) is 11.7. The van der Waals surface area contributed by atoms with Gasteiger partial charge in [0.25, 0.3) is 5.91 Å². The zero-order valence-corrected chi connectivity index (χ0v) is 17.6. The fourth-order valence-corrected chi connectivity index (χ4v) is 3.86. The Morgan fingerprint density at radius 1 is 1.03 bits per heavy atom. The van der Waals surface area contributed by atoms with Gasteiger partial charge in [0, 0.05) is 22.7 Å². The minimum atomic E-state index is -4.86. The molecular formula is C22H10Cl2F4N2O3. The maximum Gasteiger partial charge on any atom is 0.417 e. The van der Waals surface area contributed by atoms with Crippen LogP contribution in [0.1, 0.15) is 26.3 Å². The van der Waals surface area contributed by atoms with Crippen LogP contribution < -0.4 is 0 Å². The van der Waals surface area contributed by atoms with Gasteiger partial charge in [-0.05, 0) is 30.3 Å². The van der Waals surface area contributed by atoms with Crippen LogP contribution in [-0.4, -0.2) is 26.5 Å². The molecule has 0 radical (unpaired) electrons. The third kappa shape index (κ3) is 4.05. The summed E-state index contributed by atoms with van der Waals surface area (Å²) in [5.41, 5.74) is -2.27. The summed E-state index contributed by atoms with van der Waals surface area (Å²) in [6.07, 6.45) is -2.57. The number of fused-ring (bicyclic) bond motifs is 1. The highest BCUT2D eigenvalue weighted by Gasteiger charge is 2.37. The predicted octanol–water partition coefficient (Wildman–Crippen LogP) is 6.55. The lowest BCUT2D eigenvalue weighted by atomic mass is 10.0. The van der Waals surface area contributed by atoms with Gasteiger partial charge in [-0.25, -0.2) is 14.2 Å². The summed E-state index contributed by atoms with van der Waals surface area (Å²) in [4.78, 5) is 28.2. The van der Waals surface area contributed by atoms with Gasteiger partial charge in [-0.1, -0.05) is 35.3 Å². The molecule has 0 amide bonds. The fraction of sp³-hybridized carbons (Fsp3) is 0.0455. The molecule has 0 saturated heterocycles. The van der Waals surface area contributed by atoms with Crippen molar-refractivity contribution in [2.75, 3.05) is 0 Å². The first kappa shape index (κ1) is 22.8. The van der Waals surface area contributed by atoms with E-state index in [0.717, 1.165) is 47.3 Å². The van der Waals surface area contributed by atoms with Gasteiger partial charge < -0.3 is 5.11 Å². The molecule has 33 heavy (non-hydrogen) atoms. The van der Waals surface area contributed by atoms with E-state index in [1.165, 1.54) is 12.1 Å². The van der Waals surface area contributed by atoms with E-state index in [1.54, 1.807) is 0 Å². The van der Waals surface area contributed by atoms with Crippen LogP contribution in [0.15, 0.2) is 54.9 Å². The lowest BCUT2D eigenvalue weighted by molar-refractivity contribution is -0.137. The van der Waals surface area contributed by atoms with E-state index in [1.807, 2.05) is 0 Å². The molecule has 2 aromatic heterocycles. The zero-order chi connectivity index (χ0) is 24.1.